The quantitative estimate of drug-likeness (QED) is 0.886. The highest BCUT2D eigenvalue weighted by atomic mass is 32.1. The molecule has 0 saturated heterocycles. The van der Waals surface area contributed by atoms with Gasteiger partial charge in [-0.05, 0) is 40.0 Å². The molecule has 1 atom stereocenters. The summed E-state index contributed by atoms with van der Waals surface area (Å²) in [6, 6.07) is 1.20. The number of nitrogens with zero attached hydrogens (tertiary/aromatic N) is 3. The normalized spacial score (nSPS) is 16.6. The van der Waals surface area contributed by atoms with Gasteiger partial charge >= 0.3 is 0 Å². The molecule has 21 heavy (non-hydrogen) atoms. The molecule has 0 amide bonds. The van der Waals surface area contributed by atoms with E-state index in [9.17, 15) is 0 Å². The minimum atomic E-state index is 0.150. The van der Waals surface area contributed by atoms with E-state index in [1.54, 1.807) is 0 Å². The van der Waals surface area contributed by atoms with Crippen LogP contribution in [0, 0.1) is 6.92 Å². The first-order chi connectivity index (χ1) is 10.1. The molecule has 2 aromatic rings. The first kappa shape index (κ1) is 14.7. The Balaban J connectivity index is 1.98. The molecule has 1 aliphatic rings. The molecule has 3 rings (SSSR count). The van der Waals surface area contributed by atoms with E-state index in [-0.39, 0.29) is 6.04 Å². The van der Waals surface area contributed by atoms with Gasteiger partial charge in [-0.3, -0.25) is 0 Å². The second kappa shape index (κ2) is 5.89. The molecule has 5 heteroatoms. The number of aryl methyl sites for hydroxylation is 2. The van der Waals surface area contributed by atoms with Crippen LogP contribution in [0.15, 0.2) is 12.5 Å². The van der Waals surface area contributed by atoms with Gasteiger partial charge in [0.1, 0.15) is 11.0 Å². The van der Waals surface area contributed by atoms with Crippen LogP contribution in [0.3, 0.4) is 0 Å². The second-order valence-electron chi connectivity index (χ2n) is 6.12. The summed E-state index contributed by atoms with van der Waals surface area (Å²) in [5.41, 5.74) is 2.48. The van der Waals surface area contributed by atoms with E-state index in [0.717, 1.165) is 6.42 Å². The Bertz CT molecular complexity index is 610. The summed E-state index contributed by atoms with van der Waals surface area (Å²) in [6.45, 7) is 8.72. The van der Waals surface area contributed by atoms with Gasteiger partial charge in [0, 0.05) is 17.0 Å². The monoisotopic (exact) mass is 304 g/mol. The van der Waals surface area contributed by atoms with Crippen molar-refractivity contribution < 1.29 is 0 Å². The molecule has 114 valence electrons. The van der Waals surface area contributed by atoms with Gasteiger partial charge in [-0.2, -0.15) is 0 Å². The Morgan fingerprint density at radius 3 is 2.76 bits per heavy atom. The molecule has 1 aliphatic carbocycles. The van der Waals surface area contributed by atoms with Crippen LogP contribution in [0.2, 0.25) is 0 Å². The molecule has 1 N–H and O–H groups in total. The fourth-order valence-electron chi connectivity index (χ4n) is 2.71. The maximum absolute atomic E-state index is 4.87. The summed E-state index contributed by atoms with van der Waals surface area (Å²) in [5, 5.41) is 4.84. The second-order valence-corrected chi connectivity index (χ2v) is 7.35. The zero-order valence-corrected chi connectivity index (χ0v) is 14.1. The molecule has 1 saturated carbocycles. The summed E-state index contributed by atoms with van der Waals surface area (Å²) in [4.78, 5) is 10.6. The third-order valence-corrected chi connectivity index (χ3v) is 5.00. The van der Waals surface area contributed by atoms with Crippen molar-refractivity contribution in [3.63, 3.8) is 0 Å². The molecular weight excluding hydrogens is 280 g/mol. The first-order valence-corrected chi connectivity index (χ1v) is 8.65. The van der Waals surface area contributed by atoms with Crippen LogP contribution in [0.5, 0.6) is 0 Å². The number of hydrogen-bond acceptors (Lipinski definition) is 4. The van der Waals surface area contributed by atoms with Crippen molar-refractivity contribution in [1.82, 2.24) is 19.9 Å². The zero-order valence-electron chi connectivity index (χ0n) is 13.3. The van der Waals surface area contributed by atoms with E-state index in [0.29, 0.717) is 12.1 Å². The predicted molar refractivity (Wildman–Crippen MR) is 86.8 cm³/mol. The first-order valence-electron chi connectivity index (χ1n) is 7.84. The van der Waals surface area contributed by atoms with Crippen molar-refractivity contribution in [3.8, 4) is 0 Å². The van der Waals surface area contributed by atoms with E-state index < -0.39 is 0 Å². The topological polar surface area (TPSA) is 42.7 Å². The number of nitrogens with one attached hydrogen (secondary N) is 1. The van der Waals surface area contributed by atoms with Gasteiger partial charge in [0.15, 0.2) is 0 Å². The number of aromatic nitrogens is 3. The van der Waals surface area contributed by atoms with Crippen LogP contribution < -0.4 is 5.32 Å². The van der Waals surface area contributed by atoms with Gasteiger partial charge in [0.25, 0.3) is 0 Å². The summed E-state index contributed by atoms with van der Waals surface area (Å²) < 4.78 is 2.34. The van der Waals surface area contributed by atoms with Crippen molar-refractivity contribution in [1.29, 1.82) is 0 Å². The van der Waals surface area contributed by atoms with Gasteiger partial charge < -0.3 is 9.88 Å². The van der Waals surface area contributed by atoms with Crippen molar-refractivity contribution >= 4 is 11.3 Å². The maximum Gasteiger partial charge on any atom is 0.116 e. The van der Waals surface area contributed by atoms with E-state index in [2.05, 4.69) is 42.6 Å². The van der Waals surface area contributed by atoms with Gasteiger partial charge in [0.2, 0.25) is 0 Å². The van der Waals surface area contributed by atoms with E-state index >= 15 is 0 Å². The van der Waals surface area contributed by atoms with Crippen molar-refractivity contribution in [2.45, 2.75) is 65.1 Å². The van der Waals surface area contributed by atoms with Crippen LogP contribution in [0.1, 0.15) is 67.0 Å². The van der Waals surface area contributed by atoms with Crippen LogP contribution >= 0.6 is 11.3 Å². The standard InChI is InChI=1S/C16H24N4S/c1-5-13-11(4)21-16(19-13)15(18-10(2)3)14-8-17-9-20(14)12-6-7-12/h8-10,12,15,18H,5-7H2,1-4H3. The van der Waals surface area contributed by atoms with Crippen molar-refractivity contribution in [3.05, 3.63) is 33.8 Å². The molecule has 0 aromatic carbocycles. The number of imidazole rings is 1. The van der Waals surface area contributed by atoms with Crippen LogP contribution in [0.25, 0.3) is 0 Å². The average molecular weight is 304 g/mol. The lowest BCUT2D eigenvalue weighted by Gasteiger charge is -2.21. The highest BCUT2D eigenvalue weighted by molar-refractivity contribution is 7.11. The number of thiazole rings is 1. The van der Waals surface area contributed by atoms with Crippen molar-refractivity contribution in [2.75, 3.05) is 0 Å². The summed E-state index contributed by atoms with van der Waals surface area (Å²) in [5.74, 6) is 0. The fourth-order valence-corrected chi connectivity index (χ4v) is 3.80. The van der Waals surface area contributed by atoms with Gasteiger partial charge in [0.05, 0.1) is 23.9 Å². The van der Waals surface area contributed by atoms with E-state index in [4.69, 9.17) is 4.98 Å². The molecule has 0 radical (unpaired) electrons. The number of rotatable bonds is 6. The largest absolute Gasteiger partial charge is 0.330 e. The minimum Gasteiger partial charge on any atom is -0.330 e. The summed E-state index contributed by atoms with van der Waals surface area (Å²) >= 11 is 1.81. The Kier molecular flexibility index (Phi) is 4.13. The lowest BCUT2D eigenvalue weighted by atomic mass is 10.2. The third kappa shape index (κ3) is 3.04. The van der Waals surface area contributed by atoms with Crippen LogP contribution in [0.4, 0.5) is 0 Å². The molecule has 1 unspecified atom stereocenters. The molecule has 4 nitrogen and oxygen atoms in total. The summed E-state index contributed by atoms with van der Waals surface area (Å²) in [7, 11) is 0. The predicted octanol–water partition coefficient (Wildman–Crippen LogP) is 3.63. The Labute approximate surface area is 130 Å². The Morgan fingerprint density at radius 1 is 1.43 bits per heavy atom. The fraction of sp³-hybridized carbons (Fsp3) is 0.625. The lowest BCUT2D eigenvalue weighted by molar-refractivity contribution is 0.498. The SMILES string of the molecule is CCc1nc(C(NC(C)C)c2cncn2C2CC2)sc1C. The van der Waals surface area contributed by atoms with Crippen LogP contribution in [-0.4, -0.2) is 20.6 Å². The van der Waals surface area contributed by atoms with E-state index in [1.807, 2.05) is 23.9 Å². The molecular formula is C16H24N4S. The molecule has 0 aliphatic heterocycles. The maximum atomic E-state index is 4.87. The highest BCUT2D eigenvalue weighted by Crippen LogP contribution is 2.38. The van der Waals surface area contributed by atoms with E-state index in [1.165, 1.54) is 34.1 Å². The molecule has 1 fully saturated rings. The Morgan fingerprint density at radius 2 is 2.19 bits per heavy atom. The molecule has 0 spiro atoms. The van der Waals surface area contributed by atoms with Gasteiger partial charge in [-0.25, -0.2) is 9.97 Å². The van der Waals surface area contributed by atoms with Crippen molar-refractivity contribution in [2.24, 2.45) is 0 Å². The smallest absolute Gasteiger partial charge is 0.116 e. The summed E-state index contributed by atoms with van der Waals surface area (Å²) in [6.07, 6.45) is 7.52. The Hall–Kier alpha value is -1.20. The van der Waals surface area contributed by atoms with Gasteiger partial charge in [-0.1, -0.05) is 6.92 Å². The third-order valence-electron chi connectivity index (χ3n) is 3.92. The zero-order chi connectivity index (χ0) is 15.0. The average Bonchev–Trinajstić information content (AvgIpc) is 3.05. The molecule has 2 heterocycles. The lowest BCUT2D eigenvalue weighted by Crippen LogP contribution is -2.30. The highest BCUT2D eigenvalue weighted by Gasteiger charge is 2.30. The molecule has 0 bridgehead atoms. The molecule has 2 aromatic heterocycles. The van der Waals surface area contributed by atoms with Gasteiger partial charge in [-0.15, -0.1) is 11.3 Å². The minimum absolute atomic E-state index is 0.150. The van der Waals surface area contributed by atoms with Crippen LogP contribution in [-0.2, 0) is 6.42 Å². The number of hydrogen-bond donors (Lipinski definition) is 1.